The van der Waals surface area contributed by atoms with Gasteiger partial charge in [0.05, 0.1) is 5.56 Å². The van der Waals surface area contributed by atoms with Crippen LogP contribution in [-0.2, 0) is 9.53 Å². The number of para-hydroxylation sites is 1. The van der Waals surface area contributed by atoms with Crippen molar-refractivity contribution in [2.45, 2.75) is 33.3 Å². The summed E-state index contributed by atoms with van der Waals surface area (Å²) in [6, 6.07) is 5.12. The van der Waals surface area contributed by atoms with E-state index in [1.54, 1.807) is 12.1 Å². The van der Waals surface area contributed by atoms with Gasteiger partial charge in [-0.15, -0.1) is 0 Å². The molecule has 0 heterocycles. The summed E-state index contributed by atoms with van der Waals surface area (Å²) in [6.45, 7) is 5.86. The SMILES string of the molecule is CCCNC(=O)[C@H](C)OC(=O)c1cccc(C)c1N. The summed E-state index contributed by atoms with van der Waals surface area (Å²) in [5.74, 6) is -0.887. The molecule has 0 aliphatic rings. The van der Waals surface area contributed by atoms with Gasteiger partial charge in [0.15, 0.2) is 6.10 Å². The van der Waals surface area contributed by atoms with Gasteiger partial charge < -0.3 is 15.8 Å². The lowest BCUT2D eigenvalue weighted by Gasteiger charge is -2.14. The number of carbonyl (C=O) groups is 2. The molecule has 0 saturated carbocycles. The van der Waals surface area contributed by atoms with Gasteiger partial charge in [-0.2, -0.15) is 0 Å². The minimum absolute atomic E-state index is 0.287. The van der Waals surface area contributed by atoms with E-state index in [0.29, 0.717) is 12.2 Å². The Morgan fingerprint density at radius 3 is 2.74 bits per heavy atom. The zero-order valence-electron chi connectivity index (χ0n) is 11.5. The lowest BCUT2D eigenvalue weighted by molar-refractivity contribution is -0.129. The predicted octanol–water partition coefficient (Wildman–Crippen LogP) is 1.65. The molecule has 1 aromatic carbocycles. The first-order chi connectivity index (χ1) is 8.97. The van der Waals surface area contributed by atoms with Crippen LogP contribution in [0.5, 0.6) is 0 Å². The van der Waals surface area contributed by atoms with Crippen molar-refractivity contribution in [3.8, 4) is 0 Å². The molecule has 1 aromatic rings. The monoisotopic (exact) mass is 264 g/mol. The van der Waals surface area contributed by atoms with Gasteiger partial charge in [-0.1, -0.05) is 19.1 Å². The smallest absolute Gasteiger partial charge is 0.341 e. The molecular weight excluding hydrogens is 244 g/mol. The van der Waals surface area contributed by atoms with Gasteiger partial charge in [0.2, 0.25) is 0 Å². The van der Waals surface area contributed by atoms with E-state index in [0.717, 1.165) is 12.0 Å². The molecule has 0 spiro atoms. The molecule has 0 bridgehead atoms. The molecule has 1 atom stereocenters. The van der Waals surface area contributed by atoms with E-state index in [4.69, 9.17) is 10.5 Å². The summed E-state index contributed by atoms with van der Waals surface area (Å²) >= 11 is 0. The highest BCUT2D eigenvalue weighted by Crippen LogP contribution is 2.17. The second kappa shape index (κ2) is 6.78. The fourth-order valence-electron chi connectivity index (χ4n) is 1.53. The van der Waals surface area contributed by atoms with Crippen LogP contribution in [0, 0.1) is 6.92 Å². The fourth-order valence-corrected chi connectivity index (χ4v) is 1.53. The van der Waals surface area contributed by atoms with Crippen molar-refractivity contribution in [2.24, 2.45) is 0 Å². The van der Waals surface area contributed by atoms with Crippen LogP contribution < -0.4 is 11.1 Å². The normalized spacial score (nSPS) is 11.7. The minimum Gasteiger partial charge on any atom is -0.449 e. The fraction of sp³-hybridized carbons (Fsp3) is 0.429. The highest BCUT2D eigenvalue weighted by Gasteiger charge is 2.20. The Kier molecular flexibility index (Phi) is 5.36. The number of aryl methyl sites for hydroxylation is 1. The number of nitrogens with one attached hydrogen (secondary N) is 1. The van der Waals surface area contributed by atoms with E-state index in [9.17, 15) is 9.59 Å². The molecule has 0 fully saturated rings. The summed E-state index contributed by atoms with van der Waals surface area (Å²) in [6.07, 6.45) is -0.00370. The van der Waals surface area contributed by atoms with Crippen LogP contribution in [0.2, 0.25) is 0 Å². The number of amides is 1. The van der Waals surface area contributed by atoms with Crippen molar-refractivity contribution in [1.82, 2.24) is 5.32 Å². The molecule has 1 amide bonds. The molecule has 19 heavy (non-hydrogen) atoms. The molecule has 104 valence electrons. The first-order valence-corrected chi connectivity index (χ1v) is 6.31. The third-order valence-electron chi connectivity index (χ3n) is 2.75. The number of nitrogen functional groups attached to an aromatic ring is 1. The number of rotatable bonds is 5. The Morgan fingerprint density at radius 2 is 2.11 bits per heavy atom. The summed E-state index contributed by atoms with van der Waals surface area (Å²) < 4.78 is 5.10. The molecule has 0 aliphatic heterocycles. The van der Waals surface area contributed by atoms with Crippen molar-refractivity contribution in [3.63, 3.8) is 0 Å². The zero-order chi connectivity index (χ0) is 14.4. The molecule has 5 heteroatoms. The summed E-state index contributed by atoms with van der Waals surface area (Å²) in [7, 11) is 0. The number of ether oxygens (including phenoxy) is 1. The van der Waals surface area contributed by atoms with E-state index in [1.165, 1.54) is 6.92 Å². The van der Waals surface area contributed by atoms with Gasteiger partial charge in [-0.3, -0.25) is 4.79 Å². The maximum absolute atomic E-state index is 11.9. The van der Waals surface area contributed by atoms with Crippen LogP contribution in [-0.4, -0.2) is 24.5 Å². The lowest BCUT2D eigenvalue weighted by atomic mass is 10.1. The number of nitrogens with two attached hydrogens (primary N) is 1. The van der Waals surface area contributed by atoms with Crippen LogP contribution in [0.4, 0.5) is 5.69 Å². The molecule has 3 N–H and O–H groups in total. The minimum atomic E-state index is -0.834. The summed E-state index contributed by atoms with van der Waals surface area (Å²) in [5.41, 5.74) is 7.29. The van der Waals surface area contributed by atoms with Crippen molar-refractivity contribution < 1.29 is 14.3 Å². The number of esters is 1. The third-order valence-corrected chi connectivity index (χ3v) is 2.75. The largest absolute Gasteiger partial charge is 0.449 e. The van der Waals surface area contributed by atoms with Crippen molar-refractivity contribution in [2.75, 3.05) is 12.3 Å². The number of benzene rings is 1. The van der Waals surface area contributed by atoms with Gasteiger partial charge in [0.1, 0.15) is 0 Å². The average Bonchev–Trinajstić information content (AvgIpc) is 2.38. The first-order valence-electron chi connectivity index (χ1n) is 6.31. The van der Waals surface area contributed by atoms with Gasteiger partial charge in [0, 0.05) is 12.2 Å². The second-order valence-electron chi connectivity index (χ2n) is 4.37. The topological polar surface area (TPSA) is 81.4 Å². The quantitative estimate of drug-likeness (QED) is 0.626. The number of hydrogen-bond donors (Lipinski definition) is 2. The highest BCUT2D eigenvalue weighted by molar-refractivity contribution is 5.97. The van der Waals surface area contributed by atoms with Crippen molar-refractivity contribution in [3.05, 3.63) is 29.3 Å². The van der Waals surface area contributed by atoms with E-state index >= 15 is 0 Å². The molecule has 0 saturated heterocycles. The third kappa shape index (κ3) is 3.98. The van der Waals surface area contributed by atoms with E-state index in [2.05, 4.69) is 5.32 Å². The van der Waals surface area contributed by atoms with Crippen LogP contribution >= 0.6 is 0 Å². The average molecular weight is 264 g/mol. The maximum Gasteiger partial charge on any atom is 0.341 e. The van der Waals surface area contributed by atoms with Crippen LogP contribution in [0.25, 0.3) is 0 Å². The van der Waals surface area contributed by atoms with Crippen LogP contribution in [0.3, 0.4) is 0 Å². The van der Waals surface area contributed by atoms with E-state index in [-0.39, 0.29) is 11.5 Å². The predicted molar refractivity (Wildman–Crippen MR) is 73.8 cm³/mol. The molecular formula is C14H20N2O3. The van der Waals surface area contributed by atoms with Crippen LogP contribution in [0.1, 0.15) is 36.2 Å². The Morgan fingerprint density at radius 1 is 1.42 bits per heavy atom. The Balaban J connectivity index is 2.69. The number of anilines is 1. The van der Waals surface area contributed by atoms with Gasteiger partial charge >= 0.3 is 5.97 Å². The second-order valence-corrected chi connectivity index (χ2v) is 4.37. The number of carbonyl (C=O) groups excluding carboxylic acids is 2. The maximum atomic E-state index is 11.9. The Bertz CT molecular complexity index is 472. The van der Waals surface area contributed by atoms with Gasteiger partial charge in [-0.05, 0) is 31.9 Å². The van der Waals surface area contributed by atoms with Gasteiger partial charge in [-0.25, -0.2) is 4.79 Å². The zero-order valence-corrected chi connectivity index (χ0v) is 11.5. The number of hydrogen-bond acceptors (Lipinski definition) is 4. The van der Waals surface area contributed by atoms with Crippen molar-refractivity contribution in [1.29, 1.82) is 0 Å². The molecule has 0 unspecified atom stereocenters. The van der Waals surface area contributed by atoms with E-state index < -0.39 is 12.1 Å². The summed E-state index contributed by atoms with van der Waals surface area (Å²) in [5, 5.41) is 2.67. The Labute approximate surface area is 113 Å². The lowest BCUT2D eigenvalue weighted by Crippen LogP contribution is -2.36. The van der Waals surface area contributed by atoms with Crippen LogP contribution in [0.15, 0.2) is 18.2 Å². The first kappa shape index (κ1) is 15.0. The molecule has 5 nitrogen and oxygen atoms in total. The van der Waals surface area contributed by atoms with Gasteiger partial charge in [0.25, 0.3) is 5.91 Å². The van der Waals surface area contributed by atoms with Crippen molar-refractivity contribution >= 4 is 17.6 Å². The molecule has 0 radical (unpaired) electrons. The molecule has 1 rings (SSSR count). The highest BCUT2D eigenvalue weighted by atomic mass is 16.5. The molecule has 0 aliphatic carbocycles. The summed E-state index contributed by atoms with van der Waals surface area (Å²) in [4.78, 5) is 23.5. The van der Waals surface area contributed by atoms with E-state index in [1.807, 2.05) is 19.9 Å². The Hall–Kier alpha value is -2.04. The molecule has 0 aromatic heterocycles. The standard InChI is InChI=1S/C14H20N2O3/c1-4-8-16-13(17)10(3)19-14(18)11-7-5-6-9(2)12(11)15/h5-7,10H,4,8,15H2,1-3H3,(H,16,17)/t10-/m0/s1.